The highest BCUT2D eigenvalue weighted by Crippen LogP contribution is 2.21. The number of hydrogen-bond donors (Lipinski definition) is 2. The molecular weight excluding hydrogens is 277 g/mol. The van der Waals surface area contributed by atoms with Crippen LogP contribution in [-0.4, -0.2) is 17.3 Å². The van der Waals surface area contributed by atoms with Crippen molar-refractivity contribution in [1.29, 1.82) is 0 Å². The fourth-order valence-corrected chi connectivity index (χ4v) is 1.88. The molecule has 0 aliphatic rings. The zero-order valence-corrected chi connectivity index (χ0v) is 11.2. The van der Waals surface area contributed by atoms with Gasteiger partial charge in [0.1, 0.15) is 0 Å². The first-order valence-corrected chi connectivity index (χ1v) is 5.91. The van der Waals surface area contributed by atoms with Crippen LogP contribution >= 0.6 is 27.5 Å². The van der Waals surface area contributed by atoms with Gasteiger partial charge in [-0.05, 0) is 31.5 Å². The summed E-state index contributed by atoms with van der Waals surface area (Å²) in [6, 6.07) is 5.69. The highest BCUT2D eigenvalue weighted by molar-refractivity contribution is 9.10. The zero-order valence-electron chi connectivity index (χ0n) is 8.85. The lowest BCUT2D eigenvalue weighted by molar-refractivity contribution is 0.187. The number of benzene rings is 1. The van der Waals surface area contributed by atoms with Crippen molar-refractivity contribution in [2.75, 3.05) is 6.61 Å². The fraction of sp³-hybridized carbons (Fsp3) is 0.455. The monoisotopic (exact) mass is 291 g/mol. The van der Waals surface area contributed by atoms with Crippen LogP contribution < -0.4 is 5.32 Å². The van der Waals surface area contributed by atoms with Gasteiger partial charge in [0.25, 0.3) is 0 Å². The van der Waals surface area contributed by atoms with E-state index in [9.17, 15) is 0 Å². The Hall–Kier alpha value is -0.0900. The molecule has 0 aromatic heterocycles. The van der Waals surface area contributed by atoms with Crippen LogP contribution in [-0.2, 0) is 6.54 Å². The lowest BCUT2D eigenvalue weighted by atomic mass is 10.1. The number of aliphatic hydroxyl groups excluding tert-OH is 1. The van der Waals surface area contributed by atoms with E-state index in [1.54, 1.807) is 0 Å². The van der Waals surface area contributed by atoms with Gasteiger partial charge in [-0.1, -0.05) is 33.6 Å². The largest absolute Gasteiger partial charge is 0.394 e. The Kier molecular flexibility index (Phi) is 4.59. The van der Waals surface area contributed by atoms with Crippen LogP contribution in [0.15, 0.2) is 22.7 Å². The summed E-state index contributed by atoms with van der Waals surface area (Å²) >= 11 is 9.29. The first-order valence-electron chi connectivity index (χ1n) is 4.74. The third-order valence-electron chi connectivity index (χ3n) is 2.17. The molecule has 0 bridgehead atoms. The Morgan fingerprint density at radius 2 is 2.13 bits per heavy atom. The summed E-state index contributed by atoms with van der Waals surface area (Å²) in [6.45, 7) is 4.72. The quantitative estimate of drug-likeness (QED) is 0.894. The summed E-state index contributed by atoms with van der Waals surface area (Å²) in [4.78, 5) is 0. The molecule has 0 amide bonds. The molecule has 0 saturated carbocycles. The van der Waals surface area contributed by atoms with Gasteiger partial charge in [0.15, 0.2) is 0 Å². The Labute approximate surface area is 104 Å². The normalized spacial score (nSPS) is 11.8. The van der Waals surface area contributed by atoms with Gasteiger partial charge >= 0.3 is 0 Å². The summed E-state index contributed by atoms with van der Waals surface area (Å²) < 4.78 is 0.983. The number of halogens is 2. The van der Waals surface area contributed by atoms with Crippen LogP contribution in [0.3, 0.4) is 0 Å². The number of nitrogens with one attached hydrogen (secondary N) is 1. The first-order chi connectivity index (χ1) is 6.94. The molecule has 0 aliphatic heterocycles. The van der Waals surface area contributed by atoms with Crippen molar-refractivity contribution in [2.45, 2.75) is 25.9 Å². The van der Waals surface area contributed by atoms with Crippen LogP contribution in [0, 0.1) is 0 Å². The second-order valence-electron chi connectivity index (χ2n) is 4.13. The molecule has 0 spiro atoms. The maximum atomic E-state index is 9.09. The Morgan fingerprint density at radius 3 is 2.67 bits per heavy atom. The lowest BCUT2D eigenvalue weighted by Crippen LogP contribution is -2.42. The summed E-state index contributed by atoms with van der Waals surface area (Å²) in [5.74, 6) is 0. The van der Waals surface area contributed by atoms with Crippen LogP contribution in [0.2, 0.25) is 5.02 Å². The van der Waals surface area contributed by atoms with E-state index in [0.717, 1.165) is 10.0 Å². The average Bonchev–Trinajstić information content (AvgIpc) is 2.16. The molecule has 0 radical (unpaired) electrons. The smallest absolute Gasteiger partial charge is 0.0607 e. The Balaban J connectivity index is 2.66. The van der Waals surface area contributed by atoms with Gasteiger partial charge in [-0.2, -0.15) is 0 Å². The van der Waals surface area contributed by atoms with Crippen molar-refractivity contribution >= 4 is 27.5 Å². The molecule has 0 aliphatic carbocycles. The van der Waals surface area contributed by atoms with Crippen LogP contribution in [0.5, 0.6) is 0 Å². The average molecular weight is 293 g/mol. The van der Waals surface area contributed by atoms with Crippen LogP contribution in [0.4, 0.5) is 0 Å². The predicted molar refractivity (Wildman–Crippen MR) is 67.2 cm³/mol. The molecular formula is C11H15BrClNO. The topological polar surface area (TPSA) is 32.3 Å². The first kappa shape index (κ1) is 13.0. The van der Waals surface area contributed by atoms with E-state index >= 15 is 0 Å². The summed E-state index contributed by atoms with van der Waals surface area (Å²) in [6.07, 6.45) is 0. The molecule has 0 atom stereocenters. The molecule has 15 heavy (non-hydrogen) atoms. The highest BCUT2D eigenvalue weighted by atomic mass is 79.9. The maximum absolute atomic E-state index is 9.09. The summed E-state index contributed by atoms with van der Waals surface area (Å²) in [5, 5.41) is 13.1. The molecule has 1 aromatic carbocycles. The van der Waals surface area contributed by atoms with Crippen molar-refractivity contribution in [3.05, 3.63) is 33.3 Å². The molecule has 4 heteroatoms. The molecule has 0 saturated heterocycles. The van der Waals surface area contributed by atoms with E-state index < -0.39 is 0 Å². The highest BCUT2D eigenvalue weighted by Gasteiger charge is 2.15. The van der Waals surface area contributed by atoms with Gasteiger partial charge in [0.05, 0.1) is 6.61 Å². The third kappa shape index (κ3) is 4.11. The Bertz CT molecular complexity index is 341. The second kappa shape index (κ2) is 5.30. The van der Waals surface area contributed by atoms with E-state index in [1.165, 1.54) is 0 Å². The van der Waals surface area contributed by atoms with E-state index in [1.807, 2.05) is 32.0 Å². The third-order valence-corrected chi connectivity index (χ3v) is 3.14. The minimum Gasteiger partial charge on any atom is -0.394 e. The SMILES string of the molecule is CC(C)(CO)NCc1ccc(Cl)cc1Br. The minimum absolute atomic E-state index is 0.109. The van der Waals surface area contributed by atoms with Crippen molar-refractivity contribution in [1.82, 2.24) is 5.32 Å². The molecule has 0 fully saturated rings. The second-order valence-corrected chi connectivity index (χ2v) is 5.42. The van der Waals surface area contributed by atoms with Gasteiger partial charge in [0.2, 0.25) is 0 Å². The van der Waals surface area contributed by atoms with E-state index in [-0.39, 0.29) is 12.1 Å². The van der Waals surface area contributed by atoms with E-state index in [2.05, 4.69) is 21.2 Å². The van der Waals surface area contributed by atoms with Gasteiger partial charge in [-0.25, -0.2) is 0 Å². The number of rotatable bonds is 4. The molecule has 2 N–H and O–H groups in total. The van der Waals surface area contributed by atoms with Gasteiger partial charge in [-0.3, -0.25) is 0 Å². The molecule has 0 heterocycles. The number of hydrogen-bond acceptors (Lipinski definition) is 2. The van der Waals surface area contributed by atoms with Crippen molar-refractivity contribution in [3.63, 3.8) is 0 Å². The zero-order chi connectivity index (χ0) is 11.5. The van der Waals surface area contributed by atoms with Gasteiger partial charge in [0, 0.05) is 21.6 Å². The molecule has 1 aromatic rings. The fourth-order valence-electron chi connectivity index (χ4n) is 1.06. The van der Waals surface area contributed by atoms with Crippen molar-refractivity contribution in [3.8, 4) is 0 Å². The van der Waals surface area contributed by atoms with E-state index in [0.29, 0.717) is 11.6 Å². The summed E-state index contributed by atoms with van der Waals surface area (Å²) in [7, 11) is 0. The molecule has 2 nitrogen and oxygen atoms in total. The molecule has 0 unspecified atom stereocenters. The van der Waals surface area contributed by atoms with Crippen LogP contribution in [0.25, 0.3) is 0 Å². The Morgan fingerprint density at radius 1 is 1.47 bits per heavy atom. The summed E-state index contributed by atoms with van der Waals surface area (Å²) in [5.41, 5.74) is 0.861. The molecule has 1 rings (SSSR count). The molecule has 84 valence electrons. The van der Waals surface area contributed by atoms with E-state index in [4.69, 9.17) is 16.7 Å². The van der Waals surface area contributed by atoms with Gasteiger partial charge in [-0.15, -0.1) is 0 Å². The van der Waals surface area contributed by atoms with Crippen molar-refractivity contribution < 1.29 is 5.11 Å². The predicted octanol–water partition coefficient (Wildman–Crippen LogP) is 2.96. The van der Waals surface area contributed by atoms with Crippen LogP contribution in [0.1, 0.15) is 19.4 Å². The maximum Gasteiger partial charge on any atom is 0.0607 e. The minimum atomic E-state index is -0.265. The number of aliphatic hydroxyl groups is 1. The standard InChI is InChI=1S/C11H15BrClNO/c1-11(2,7-15)14-6-8-3-4-9(13)5-10(8)12/h3-5,14-15H,6-7H2,1-2H3. The lowest BCUT2D eigenvalue weighted by Gasteiger charge is -2.23. The van der Waals surface area contributed by atoms with Crippen molar-refractivity contribution in [2.24, 2.45) is 0 Å². The van der Waals surface area contributed by atoms with Gasteiger partial charge < -0.3 is 10.4 Å².